The third kappa shape index (κ3) is 4.27. The quantitative estimate of drug-likeness (QED) is 0.749. The average molecular weight is 366 g/mol. The molecule has 134 valence electrons. The van der Waals surface area contributed by atoms with Crippen LogP contribution in [0, 0.1) is 13.8 Å². The number of hydrogen-bond acceptors (Lipinski definition) is 7. The first-order chi connectivity index (χ1) is 11.6. The average Bonchev–Trinajstić information content (AvgIpc) is 2.92. The lowest BCUT2D eigenvalue weighted by molar-refractivity contribution is 0.0442. The Kier molecular flexibility index (Phi) is 5.32. The fourth-order valence-corrected chi connectivity index (χ4v) is 2.84. The fraction of sp³-hybridized carbons (Fsp3) is 0.294. The molecule has 2 aromatic rings. The molecule has 1 heterocycles. The van der Waals surface area contributed by atoms with E-state index in [1.807, 2.05) is 0 Å². The van der Waals surface area contributed by atoms with Crippen molar-refractivity contribution in [2.75, 3.05) is 13.4 Å². The first-order valence-corrected chi connectivity index (χ1v) is 9.18. The van der Waals surface area contributed by atoms with Gasteiger partial charge in [0.2, 0.25) is 0 Å². The van der Waals surface area contributed by atoms with Gasteiger partial charge < -0.3 is 13.9 Å². The summed E-state index contributed by atoms with van der Waals surface area (Å²) in [5.41, 5.74) is 0.992. The van der Waals surface area contributed by atoms with Crippen LogP contribution in [-0.2, 0) is 25.9 Å². The minimum atomic E-state index is -3.44. The summed E-state index contributed by atoms with van der Waals surface area (Å²) in [6.07, 6.45) is 1.06. The highest BCUT2D eigenvalue weighted by molar-refractivity contribution is 7.90. The van der Waals surface area contributed by atoms with Gasteiger partial charge >= 0.3 is 11.9 Å². The van der Waals surface area contributed by atoms with Crippen LogP contribution in [0.5, 0.6) is 0 Å². The second-order valence-electron chi connectivity index (χ2n) is 5.50. The molecule has 0 atom stereocenters. The predicted molar refractivity (Wildman–Crippen MR) is 88.2 cm³/mol. The molecule has 0 unspecified atom stereocenters. The molecule has 0 saturated heterocycles. The lowest BCUT2D eigenvalue weighted by Crippen LogP contribution is -2.09. The van der Waals surface area contributed by atoms with Crippen LogP contribution in [0.4, 0.5) is 0 Å². The summed E-state index contributed by atoms with van der Waals surface area (Å²) in [6.45, 7) is 3.07. The molecule has 0 radical (unpaired) electrons. The van der Waals surface area contributed by atoms with Crippen molar-refractivity contribution in [1.29, 1.82) is 0 Å². The first kappa shape index (κ1) is 18.7. The van der Waals surface area contributed by atoms with Gasteiger partial charge in [-0.2, -0.15) is 0 Å². The third-order valence-electron chi connectivity index (χ3n) is 3.58. The van der Waals surface area contributed by atoms with E-state index in [1.54, 1.807) is 19.9 Å². The molecule has 0 amide bonds. The largest absolute Gasteiger partial charge is 0.465 e. The summed E-state index contributed by atoms with van der Waals surface area (Å²) in [7, 11) is -2.18. The van der Waals surface area contributed by atoms with Gasteiger partial charge in [0.25, 0.3) is 0 Å². The molecular formula is C17H18O7S. The molecule has 7 nitrogen and oxygen atoms in total. The van der Waals surface area contributed by atoms with E-state index in [0.717, 1.165) is 6.26 Å². The summed E-state index contributed by atoms with van der Waals surface area (Å²) in [4.78, 5) is 23.8. The van der Waals surface area contributed by atoms with Crippen LogP contribution in [-0.4, -0.2) is 33.7 Å². The van der Waals surface area contributed by atoms with Gasteiger partial charge in [-0.05, 0) is 37.6 Å². The van der Waals surface area contributed by atoms with Gasteiger partial charge in [0.15, 0.2) is 9.84 Å². The van der Waals surface area contributed by atoms with Gasteiger partial charge in [0.05, 0.1) is 17.6 Å². The number of sulfone groups is 1. The number of methoxy groups -OCH3 is 1. The van der Waals surface area contributed by atoms with Crippen molar-refractivity contribution >= 4 is 21.8 Å². The van der Waals surface area contributed by atoms with E-state index in [9.17, 15) is 18.0 Å². The molecule has 0 bridgehead atoms. The van der Waals surface area contributed by atoms with E-state index in [1.165, 1.54) is 25.3 Å². The van der Waals surface area contributed by atoms with Crippen LogP contribution < -0.4 is 0 Å². The maximum absolute atomic E-state index is 12.2. The number of carbonyl (C=O) groups is 2. The van der Waals surface area contributed by atoms with Crippen LogP contribution in [0.1, 0.15) is 37.8 Å². The van der Waals surface area contributed by atoms with Crippen molar-refractivity contribution < 1.29 is 31.9 Å². The van der Waals surface area contributed by atoms with Gasteiger partial charge in [0.1, 0.15) is 23.7 Å². The topological polar surface area (TPSA) is 99.9 Å². The molecule has 0 spiro atoms. The van der Waals surface area contributed by atoms with Crippen LogP contribution >= 0.6 is 0 Å². The van der Waals surface area contributed by atoms with Gasteiger partial charge in [-0.1, -0.05) is 6.07 Å². The van der Waals surface area contributed by atoms with Crippen LogP contribution in [0.15, 0.2) is 33.6 Å². The molecule has 0 aliphatic carbocycles. The summed E-state index contributed by atoms with van der Waals surface area (Å²) in [5, 5.41) is 0. The number of carbonyl (C=O) groups excluding carboxylic acids is 2. The Hall–Kier alpha value is -2.61. The molecule has 1 aromatic carbocycles. The Morgan fingerprint density at radius 3 is 2.36 bits per heavy atom. The number of furan rings is 1. The summed E-state index contributed by atoms with van der Waals surface area (Å²) in [5.74, 6) is -0.594. The molecule has 1 aromatic heterocycles. The highest BCUT2D eigenvalue weighted by Gasteiger charge is 2.18. The molecule has 0 aliphatic rings. The van der Waals surface area contributed by atoms with Crippen molar-refractivity contribution in [2.24, 2.45) is 0 Å². The number of aryl methyl sites for hydroxylation is 2. The van der Waals surface area contributed by atoms with Gasteiger partial charge in [-0.3, -0.25) is 0 Å². The second kappa shape index (κ2) is 7.10. The van der Waals surface area contributed by atoms with E-state index in [-0.39, 0.29) is 28.4 Å². The molecule has 0 aliphatic heterocycles. The zero-order valence-corrected chi connectivity index (χ0v) is 15.1. The summed E-state index contributed by atoms with van der Waals surface area (Å²) >= 11 is 0. The molecule has 8 heteroatoms. The van der Waals surface area contributed by atoms with Gasteiger partial charge in [-0.25, -0.2) is 18.0 Å². The maximum Gasteiger partial charge on any atom is 0.341 e. The Balaban J connectivity index is 2.17. The summed E-state index contributed by atoms with van der Waals surface area (Å²) < 4.78 is 38.4. The van der Waals surface area contributed by atoms with Crippen LogP contribution in [0.3, 0.4) is 0 Å². The highest BCUT2D eigenvalue weighted by Crippen LogP contribution is 2.19. The van der Waals surface area contributed by atoms with Crippen molar-refractivity contribution in [3.8, 4) is 0 Å². The number of benzene rings is 1. The van der Waals surface area contributed by atoms with Crippen LogP contribution in [0.2, 0.25) is 0 Å². The standard InChI is InChI=1S/C17H18O7S/c1-10-5-6-13(25(4,20)21)8-14(10)17(19)23-9-12-7-15(11(2)24-12)16(18)22-3/h5-8H,9H2,1-4H3. The monoisotopic (exact) mass is 366 g/mol. The molecule has 2 rings (SSSR count). The van der Waals surface area contributed by atoms with Gasteiger partial charge in [-0.15, -0.1) is 0 Å². The Labute approximate surface area is 145 Å². The van der Waals surface area contributed by atoms with E-state index >= 15 is 0 Å². The smallest absolute Gasteiger partial charge is 0.341 e. The lowest BCUT2D eigenvalue weighted by Gasteiger charge is -2.08. The van der Waals surface area contributed by atoms with E-state index in [2.05, 4.69) is 4.74 Å². The fourth-order valence-electron chi connectivity index (χ4n) is 2.19. The number of hydrogen-bond donors (Lipinski definition) is 0. The Morgan fingerprint density at radius 1 is 1.08 bits per heavy atom. The minimum Gasteiger partial charge on any atom is -0.465 e. The molecule has 0 fully saturated rings. The number of rotatable bonds is 5. The maximum atomic E-state index is 12.2. The molecule has 0 saturated carbocycles. The number of esters is 2. The first-order valence-electron chi connectivity index (χ1n) is 7.29. The molecular weight excluding hydrogens is 348 g/mol. The van der Waals surface area contributed by atoms with E-state index < -0.39 is 21.8 Å². The Morgan fingerprint density at radius 2 is 1.76 bits per heavy atom. The number of ether oxygens (including phenoxy) is 2. The highest BCUT2D eigenvalue weighted by atomic mass is 32.2. The minimum absolute atomic E-state index is 0.0341. The van der Waals surface area contributed by atoms with E-state index in [4.69, 9.17) is 9.15 Å². The van der Waals surface area contributed by atoms with Gasteiger partial charge in [0, 0.05) is 6.26 Å². The lowest BCUT2D eigenvalue weighted by atomic mass is 10.1. The summed E-state index contributed by atoms with van der Waals surface area (Å²) in [6, 6.07) is 5.69. The Bertz CT molecular complexity index is 922. The zero-order valence-electron chi connectivity index (χ0n) is 14.3. The third-order valence-corrected chi connectivity index (χ3v) is 4.69. The second-order valence-corrected chi connectivity index (χ2v) is 7.51. The normalized spacial score (nSPS) is 11.2. The SMILES string of the molecule is COC(=O)c1cc(COC(=O)c2cc(S(C)(=O)=O)ccc2C)oc1C. The predicted octanol–water partition coefficient (Wildman–Crippen LogP) is 2.44. The van der Waals surface area contributed by atoms with Crippen molar-refractivity contribution in [3.63, 3.8) is 0 Å². The van der Waals surface area contributed by atoms with Crippen molar-refractivity contribution in [2.45, 2.75) is 25.3 Å². The zero-order chi connectivity index (χ0) is 18.8. The van der Waals surface area contributed by atoms with Crippen LogP contribution in [0.25, 0.3) is 0 Å². The van der Waals surface area contributed by atoms with Crippen molar-refractivity contribution in [3.05, 3.63) is 52.5 Å². The van der Waals surface area contributed by atoms with Crippen molar-refractivity contribution in [1.82, 2.24) is 0 Å². The molecule has 0 N–H and O–H groups in total. The molecule has 25 heavy (non-hydrogen) atoms. The van der Waals surface area contributed by atoms with E-state index in [0.29, 0.717) is 11.3 Å².